The molecule has 116 valence electrons. The van der Waals surface area contributed by atoms with E-state index in [-0.39, 0.29) is 37.3 Å². The van der Waals surface area contributed by atoms with E-state index >= 15 is 0 Å². The molecular formula is C15H21FN2O3. The quantitative estimate of drug-likeness (QED) is 0.769. The van der Waals surface area contributed by atoms with E-state index in [1.54, 1.807) is 24.0 Å². The number of rotatable bonds is 7. The molecule has 0 aliphatic carbocycles. The molecule has 0 aliphatic heterocycles. The van der Waals surface area contributed by atoms with Gasteiger partial charge in [-0.05, 0) is 30.7 Å². The maximum atomic E-state index is 13.4. The number of carbonyl (C=O) groups excluding carboxylic acids is 2. The van der Waals surface area contributed by atoms with Crippen LogP contribution in [0.4, 0.5) is 4.39 Å². The van der Waals surface area contributed by atoms with Gasteiger partial charge in [-0.25, -0.2) is 4.39 Å². The lowest BCUT2D eigenvalue weighted by Gasteiger charge is -2.18. The topological polar surface area (TPSA) is 58.6 Å². The minimum absolute atomic E-state index is 0.0690. The number of likely N-dealkylation sites (N-methyl/N-ethyl adjacent to an activating group) is 1. The molecule has 0 saturated heterocycles. The first-order chi connectivity index (χ1) is 9.96. The van der Waals surface area contributed by atoms with Crippen molar-refractivity contribution in [2.45, 2.75) is 20.4 Å². The summed E-state index contributed by atoms with van der Waals surface area (Å²) in [6.07, 6.45) is 0. The molecule has 0 heterocycles. The molecule has 0 fully saturated rings. The number of hydrogen-bond donors (Lipinski definition) is 1. The van der Waals surface area contributed by atoms with Crippen LogP contribution in [0.1, 0.15) is 18.1 Å². The molecule has 0 aliphatic rings. The molecule has 1 rings (SSSR count). The zero-order chi connectivity index (χ0) is 15.8. The Morgan fingerprint density at radius 2 is 2.05 bits per heavy atom. The van der Waals surface area contributed by atoms with Gasteiger partial charge in [0.15, 0.2) is 0 Å². The predicted octanol–water partition coefficient (Wildman–Crippen LogP) is 1.25. The highest BCUT2D eigenvalue weighted by molar-refractivity contribution is 5.79. The van der Waals surface area contributed by atoms with Gasteiger partial charge in [-0.2, -0.15) is 0 Å². The van der Waals surface area contributed by atoms with Crippen LogP contribution in [0.15, 0.2) is 18.2 Å². The highest BCUT2D eigenvalue weighted by Crippen LogP contribution is 2.08. The largest absolute Gasteiger partial charge is 0.468 e. The number of ether oxygens (including phenoxy) is 1. The van der Waals surface area contributed by atoms with Gasteiger partial charge in [0.2, 0.25) is 5.91 Å². The van der Waals surface area contributed by atoms with Gasteiger partial charge < -0.3 is 10.1 Å². The Morgan fingerprint density at radius 3 is 2.62 bits per heavy atom. The summed E-state index contributed by atoms with van der Waals surface area (Å²) in [4.78, 5) is 24.6. The third-order valence-electron chi connectivity index (χ3n) is 3.12. The fourth-order valence-corrected chi connectivity index (χ4v) is 1.73. The van der Waals surface area contributed by atoms with Gasteiger partial charge in [0.05, 0.1) is 20.2 Å². The van der Waals surface area contributed by atoms with Crippen molar-refractivity contribution >= 4 is 11.9 Å². The highest BCUT2D eigenvalue weighted by Gasteiger charge is 2.13. The van der Waals surface area contributed by atoms with Crippen LogP contribution in [0.2, 0.25) is 0 Å². The van der Waals surface area contributed by atoms with E-state index in [0.29, 0.717) is 17.7 Å². The van der Waals surface area contributed by atoms with Crippen molar-refractivity contribution in [3.8, 4) is 0 Å². The first kappa shape index (κ1) is 17.1. The van der Waals surface area contributed by atoms with Crippen LogP contribution in [0.5, 0.6) is 0 Å². The smallest absolute Gasteiger partial charge is 0.319 e. The SMILES string of the molecule is CCN(CC(=O)NCc1ccc(C)c(F)c1)CC(=O)OC. The molecule has 6 heteroatoms. The van der Waals surface area contributed by atoms with Crippen LogP contribution < -0.4 is 5.32 Å². The Morgan fingerprint density at radius 1 is 1.33 bits per heavy atom. The fraction of sp³-hybridized carbons (Fsp3) is 0.467. The number of carbonyl (C=O) groups is 2. The Balaban J connectivity index is 2.45. The maximum Gasteiger partial charge on any atom is 0.319 e. The van der Waals surface area contributed by atoms with Crippen molar-refractivity contribution in [2.24, 2.45) is 0 Å². The van der Waals surface area contributed by atoms with Gasteiger partial charge in [-0.15, -0.1) is 0 Å². The molecule has 0 radical (unpaired) electrons. The van der Waals surface area contributed by atoms with Crippen LogP contribution in [0.25, 0.3) is 0 Å². The van der Waals surface area contributed by atoms with E-state index < -0.39 is 0 Å². The summed E-state index contributed by atoms with van der Waals surface area (Å²) in [6.45, 7) is 4.52. The lowest BCUT2D eigenvalue weighted by atomic mass is 10.1. The molecular weight excluding hydrogens is 275 g/mol. The fourth-order valence-electron chi connectivity index (χ4n) is 1.73. The van der Waals surface area contributed by atoms with Gasteiger partial charge in [-0.3, -0.25) is 14.5 Å². The van der Waals surface area contributed by atoms with Gasteiger partial charge >= 0.3 is 5.97 Å². The van der Waals surface area contributed by atoms with Crippen LogP contribution >= 0.6 is 0 Å². The van der Waals surface area contributed by atoms with Gasteiger partial charge in [0.1, 0.15) is 5.82 Å². The third kappa shape index (κ3) is 5.91. The lowest BCUT2D eigenvalue weighted by molar-refractivity contribution is -0.142. The molecule has 1 aromatic carbocycles. The van der Waals surface area contributed by atoms with Crippen molar-refractivity contribution in [2.75, 3.05) is 26.7 Å². The van der Waals surface area contributed by atoms with Crippen LogP contribution in [-0.2, 0) is 20.9 Å². The third-order valence-corrected chi connectivity index (χ3v) is 3.12. The number of hydrogen-bond acceptors (Lipinski definition) is 4. The monoisotopic (exact) mass is 296 g/mol. The summed E-state index contributed by atoms with van der Waals surface area (Å²) in [5, 5.41) is 2.70. The number of halogens is 1. The van der Waals surface area contributed by atoms with Crippen LogP contribution in [-0.4, -0.2) is 43.5 Å². The number of methoxy groups -OCH3 is 1. The molecule has 0 atom stereocenters. The molecule has 0 aromatic heterocycles. The minimum Gasteiger partial charge on any atom is -0.468 e. The Kier molecular flexibility index (Phi) is 6.81. The molecule has 1 amide bonds. The summed E-state index contributed by atoms with van der Waals surface area (Å²) >= 11 is 0. The minimum atomic E-state index is -0.384. The average molecular weight is 296 g/mol. The van der Waals surface area contributed by atoms with Gasteiger partial charge in [0.25, 0.3) is 0 Å². The van der Waals surface area contributed by atoms with E-state index in [0.717, 1.165) is 0 Å². The predicted molar refractivity (Wildman–Crippen MR) is 77.1 cm³/mol. The van der Waals surface area contributed by atoms with Crippen molar-refractivity contribution < 1.29 is 18.7 Å². The molecule has 0 spiro atoms. The zero-order valence-electron chi connectivity index (χ0n) is 12.6. The normalized spacial score (nSPS) is 10.5. The second-order valence-electron chi connectivity index (χ2n) is 4.74. The number of benzene rings is 1. The maximum absolute atomic E-state index is 13.4. The van der Waals surface area contributed by atoms with E-state index in [1.165, 1.54) is 13.2 Å². The average Bonchev–Trinajstić information content (AvgIpc) is 2.47. The zero-order valence-corrected chi connectivity index (χ0v) is 12.6. The van der Waals surface area contributed by atoms with E-state index in [4.69, 9.17) is 0 Å². The molecule has 0 unspecified atom stereocenters. The van der Waals surface area contributed by atoms with Gasteiger partial charge in [-0.1, -0.05) is 19.1 Å². The number of esters is 1. The van der Waals surface area contributed by atoms with E-state index in [2.05, 4.69) is 10.1 Å². The second-order valence-corrected chi connectivity index (χ2v) is 4.74. The van der Waals surface area contributed by atoms with Crippen molar-refractivity contribution in [1.82, 2.24) is 10.2 Å². The second kappa shape index (κ2) is 8.36. The van der Waals surface area contributed by atoms with Crippen LogP contribution in [0, 0.1) is 12.7 Å². The molecule has 21 heavy (non-hydrogen) atoms. The van der Waals surface area contributed by atoms with E-state index in [9.17, 15) is 14.0 Å². The molecule has 1 N–H and O–H groups in total. The first-order valence-electron chi connectivity index (χ1n) is 6.77. The summed E-state index contributed by atoms with van der Waals surface area (Å²) in [5.41, 5.74) is 1.27. The van der Waals surface area contributed by atoms with Crippen LogP contribution in [0.3, 0.4) is 0 Å². The molecule has 0 bridgehead atoms. The molecule has 5 nitrogen and oxygen atoms in total. The summed E-state index contributed by atoms with van der Waals surface area (Å²) in [5.74, 6) is -0.894. The van der Waals surface area contributed by atoms with Crippen molar-refractivity contribution in [1.29, 1.82) is 0 Å². The first-order valence-corrected chi connectivity index (χ1v) is 6.77. The number of nitrogens with zero attached hydrogens (tertiary/aromatic N) is 1. The Bertz CT molecular complexity index is 506. The number of nitrogens with one attached hydrogen (secondary N) is 1. The lowest BCUT2D eigenvalue weighted by Crippen LogP contribution is -2.39. The molecule has 1 aromatic rings. The number of amides is 1. The number of aryl methyl sites for hydroxylation is 1. The molecule has 0 saturated carbocycles. The van der Waals surface area contributed by atoms with E-state index in [1.807, 2.05) is 6.92 Å². The Labute approximate surface area is 124 Å². The van der Waals surface area contributed by atoms with Crippen molar-refractivity contribution in [3.05, 3.63) is 35.1 Å². The standard InChI is InChI=1S/C15H21FN2O3/c1-4-18(10-15(20)21-3)9-14(19)17-8-12-6-5-11(2)13(16)7-12/h5-7H,4,8-10H2,1-3H3,(H,17,19). The van der Waals surface area contributed by atoms with Crippen molar-refractivity contribution in [3.63, 3.8) is 0 Å². The summed E-state index contributed by atoms with van der Waals surface area (Å²) in [7, 11) is 1.31. The summed E-state index contributed by atoms with van der Waals surface area (Å²) < 4.78 is 17.9. The Hall–Kier alpha value is -1.95. The highest BCUT2D eigenvalue weighted by atomic mass is 19.1. The van der Waals surface area contributed by atoms with Gasteiger partial charge in [0, 0.05) is 6.54 Å². The summed E-state index contributed by atoms with van der Waals surface area (Å²) in [6, 6.07) is 4.85.